The smallest absolute Gasteiger partial charge is 0.0758 e. The van der Waals surface area contributed by atoms with Crippen LogP contribution in [0, 0.1) is 5.41 Å². The van der Waals surface area contributed by atoms with Gasteiger partial charge in [-0.25, -0.2) is 0 Å². The number of hydrogen-bond acceptors (Lipinski definition) is 2. The number of allylic oxidation sites excluding steroid dienone is 1. The summed E-state index contributed by atoms with van der Waals surface area (Å²) in [4.78, 5) is 2.39. The lowest BCUT2D eigenvalue weighted by Crippen LogP contribution is -2.38. The van der Waals surface area contributed by atoms with Gasteiger partial charge in [0.05, 0.1) is 6.10 Å². The topological polar surface area (TPSA) is 23.5 Å². The normalized spacial score (nSPS) is 26.3. The first-order valence-corrected chi connectivity index (χ1v) is 7.60. The zero-order chi connectivity index (χ0) is 14.3. The van der Waals surface area contributed by atoms with Gasteiger partial charge >= 0.3 is 0 Å². The quantitative estimate of drug-likeness (QED) is 0.665. The van der Waals surface area contributed by atoms with Crippen LogP contribution in [0.4, 0.5) is 0 Å². The van der Waals surface area contributed by atoms with Crippen molar-refractivity contribution in [2.75, 3.05) is 20.1 Å². The Morgan fingerprint density at radius 2 is 1.50 bits per heavy atom. The van der Waals surface area contributed by atoms with Crippen LogP contribution < -0.4 is 0 Å². The fraction of sp³-hybridized carbons (Fsp3) is 0.875. The molecular weight excluding hydrogens is 222 g/mol. The Morgan fingerprint density at radius 1 is 1.06 bits per heavy atom. The Kier molecular flexibility index (Phi) is 7.81. The van der Waals surface area contributed by atoms with E-state index >= 15 is 0 Å². The van der Waals surface area contributed by atoms with Crippen LogP contribution >= 0.6 is 0 Å². The molecule has 18 heavy (non-hydrogen) atoms. The summed E-state index contributed by atoms with van der Waals surface area (Å²) in [5, 5.41) is 9.88. The Morgan fingerprint density at radius 3 is 1.83 bits per heavy atom. The van der Waals surface area contributed by atoms with Crippen molar-refractivity contribution in [2.45, 2.75) is 66.9 Å². The number of aliphatic hydroxyl groups excluding tert-OH is 1. The van der Waals surface area contributed by atoms with E-state index in [0.717, 1.165) is 6.42 Å². The molecule has 1 atom stereocenters. The van der Waals surface area contributed by atoms with Gasteiger partial charge in [-0.15, -0.1) is 0 Å². The Bertz CT molecular complexity index is 262. The maximum atomic E-state index is 9.88. The van der Waals surface area contributed by atoms with Crippen molar-refractivity contribution in [2.24, 2.45) is 5.41 Å². The molecule has 1 N–H and O–H groups in total. The molecule has 1 aliphatic heterocycles. The fourth-order valence-corrected chi connectivity index (χ4v) is 2.97. The maximum Gasteiger partial charge on any atom is 0.0758 e. The highest BCUT2D eigenvalue weighted by Crippen LogP contribution is 2.49. The molecule has 1 aliphatic carbocycles. The molecule has 2 heteroatoms. The predicted octanol–water partition coefficient (Wildman–Crippen LogP) is 3.85. The van der Waals surface area contributed by atoms with Gasteiger partial charge in [-0.2, -0.15) is 0 Å². The van der Waals surface area contributed by atoms with E-state index in [4.69, 9.17) is 0 Å². The van der Waals surface area contributed by atoms with Gasteiger partial charge in [0.1, 0.15) is 0 Å². The third-order valence-corrected chi connectivity index (χ3v) is 4.42. The minimum absolute atomic E-state index is 0.168. The third kappa shape index (κ3) is 3.58. The van der Waals surface area contributed by atoms with Crippen molar-refractivity contribution in [1.29, 1.82) is 0 Å². The highest BCUT2D eigenvalue weighted by molar-refractivity contribution is 5.29. The largest absolute Gasteiger partial charge is 0.389 e. The number of hydrogen-bond donors (Lipinski definition) is 1. The lowest BCUT2D eigenvalue weighted by atomic mass is 9.73. The summed E-state index contributed by atoms with van der Waals surface area (Å²) in [6.07, 6.45) is 3.25. The molecule has 108 valence electrons. The first kappa shape index (κ1) is 17.7. The molecule has 1 heterocycles. The van der Waals surface area contributed by atoms with E-state index in [0.29, 0.717) is 5.41 Å². The molecule has 1 unspecified atom stereocenters. The van der Waals surface area contributed by atoms with Crippen LogP contribution in [0.25, 0.3) is 0 Å². The first-order chi connectivity index (χ1) is 8.55. The average molecular weight is 255 g/mol. The Labute approximate surface area is 114 Å². The van der Waals surface area contributed by atoms with E-state index < -0.39 is 0 Å². The number of likely N-dealkylation sites (tertiary alicyclic amines) is 1. The molecule has 0 aromatic rings. The highest BCUT2D eigenvalue weighted by Gasteiger charge is 2.42. The van der Waals surface area contributed by atoms with Crippen LogP contribution in [-0.2, 0) is 0 Å². The van der Waals surface area contributed by atoms with Crippen LogP contribution in [-0.4, -0.2) is 36.2 Å². The number of nitrogens with zero attached hydrogens (tertiary/aromatic N) is 1. The lowest BCUT2D eigenvalue weighted by Gasteiger charge is -2.39. The van der Waals surface area contributed by atoms with E-state index in [1.54, 1.807) is 0 Å². The molecule has 1 spiro atoms. The Balaban J connectivity index is 0.000000659. The van der Waals surface area contributed by atoms with Crippen molar-refractivity contribution in [1.82, 2.24) is 4.90 Å². The average Bonchev–Trinajstić information content (AvgIpc) is 2.63. The van der Waals surface area contributed by atoms with Crippen molar-refractivity contribution < 1.29 is 5.11 Å². The summed E-state index contributed by atoms with van der Waals surface area (Å²) in [7, 11) is 2.18. The molecular formula is C16H33NO. The summed E-state index contributed by atoms with van der Waals surface area (Å²) in [5.41, 5.74) is 3.04. The maximum absolute atomic E-state index is 9.88. The number of aliphatic hydroxyl groups is 1. The van der Waals surface area contributed by atoms with E-state index in [2.05, 4.69) is 25.8 Å². The summed E-state index contributed by atoms with van der Waals surface area (Å²) in [6.45, 7) is 14.7. The molecule has 2 aliphatic rings. The second-order valence-electron chi connectivity index (χ2n) is 5.11. The Hall–Kier alpha value is -0.340. The predicted molar refractivity (Wildman–Crippen MR) is 80.9 cm³/mol. The molecule has 0 bridgehead atoms. The zero-order valence-corrected chi connectivity index (χ0v) is 13.5. The van der Waals surface area contributed by atoms with Gasteiger partial charge in [-0.1, -0.05) is 33.3 Å². The van der Waals surface area contributed by atoms with Crippen LogP contribution in [0.2, 0.25) is 0 Å². The SMILES string of the molecule is CC.CC.CC1=C(C)C2(CCN(C)CC2)CC1O. The summed E-state index contributed by atoms with van der Waals surface area (Å²) in [5.74, 6) is 0. The zero-order valence-electron chi connectivity index (χ0n) is 13.5. The minimum Gasteiger partial charge on any atom is -0.389 e. The lowest BCUT2D eigenvalue weighted by molar-refractivity contribution is 0.111. The second-order valence-corrected chi connectivity index (χ2v) is 5.11. The van der Waals surface area contributed by atoms with Crippen molar-refractivity contribution in [3.63, 3.8) is 0 Å². The standard InChI is InChI=1S/C12H21NO.2C2H6/c1-9-10(2)12(8-11(9)14)4-6-13(3)7-5-12;2*1-2/h11,14H,4-8H2,1-3H3;2*1-2H3. The van der Waals surface area contributed by atoms with E-state index in [1.165, 1.54) is 37.1 Å². The highest BCUT2D eigenvalue weighted by atomic mass is 16.3. The van der Waals surface area contributed by atoms with Gasteiger partial charge in [-0.05, 0) is 64.2 Å². The van der Waals surface area contributed by atoms with Gasteiger partial charge in [0.2, 0.25) is 0 Å². The monoisotopic (exact) mass is 255 g/mol. The van der Waals surface area contributed by atoms with Gasteiger partial charge in [0, 0.05) is 0 Å². The van der Waals surface area contributed by atoms with Gasteiger partial charge in [0.15, 0.2) is 0 Å². The van der Waals surface area contributed by atoms with Crippen LogP contribution in [0.1, 0.15) is 60.8 Å². The second kappa shape index (κ2) is 7.96. The molecule has 2 nitrogen and oxygen atoms in total. The molecule has 0 aromatic carbocycles. The van der Waals surface area contributed by atoms with Gasteiger partial charge < -0.3 is 10.0 Å². The van der Waals surface area contributed by atoms with E-state index in [-0.39, 0.29) is 6.10 Å². The molecule has 1 fully saturated rings. The molecule has 1 saturated heterocycles. The molecule has 0 aromatic heterocycles. The van der Waals surface area contributed by atoms with E-state index in [9.17, 15) is 5.11 Å². The van der Waals surface area contributed by atoms with Gasteiger partial charge in [0.25, 0.3) is 0 Å². The number of rotatable bonds is 0. The molecule has 0 radical (unpaired) electrons. The van der Waals surface area contributed by atoms with Crippen LogP contribution in [0.15, 0.2) is 11.1 Å². The van der Waals surface area contributed by atoms with Crippen LogP contribution in [0.5, 0.6) is 0 Å². The third-order valence-electron chi connectivity index (χ3n) is 4.42. The van der Waals surface area contributed by atoms with E-state index in [1.807, 2.05) is 27.7 Å². The van der Waals surface area contributed by atoms with Crippen molar-refractivity contribution in [3.05, 3.63) is 11.1 Å². The van der Waals surface area contributed by atoms with Crippen molar-refractivity contribution >= 4 is 0 Å². The van der Waals surface area contributed by atoms with Crippen LogP contribution in [0.3, 0.4) is 0 Å². The minimum atomic E-state index is -0.168. The molecule has 2 rings (SSSR count). The summed E-state index contributed by atoms with van der Waals surface area (Å²) < 4.78 is 0. The number of piperidine rings is 1. The first-order valence-electron chi connectivity index (χ1n) is 7.60. The van der Waals surface area contributed by atoms with Gasteiger partial charge in [-0.3, -0.25) is 0 Å². The fourth-order valence-electron chi connectivity index (χ4n) is 2.97. The molecule has 0 saturated carbocycles. The molecule has 0 amide bonds. The summed E-state index contributed by atoms with van der Waals surface area (Å²) in [6, 6.07) is 0. The summed E-state index contributed by atoms with van der Waals surface area (Å²) >= 11 is 0. The van der Waals surface area contributed by atoms with Crippen molar-refractivity contribution in [3.8, 4) is 0 Å².